The molecule has 0 N–H and O–H groups in total. The number of hydrogen-bond acceptors (Lipinski definition) is 5. The standard InChI is InChI=1S/C16H20O5/c1-3-11(2)12-4-6-13(7-5-12)19-10-15(18)21-16-9-8-14(17)20-16/h4-7,11,16H,3,8-10H2,1-2H3. The highest BCUT2D eigenvalue weighted by atomic mass is 16.7. The topological polar surface area (TPSA) is 61.8 Å². The zero-order valence-electron chi connectivity index (χ0n) is 12.3. The molecule has 0 aromatic heterocycles. The van der Waals surface area contributed by atoms with Crippen LogP contribution in [-0.2, 0) is 19.1 Å². The summed E-state index contributed by atoms with van der Waals surface area (Å²) in [5.41, 5.74) is 1.24. The Kier molecular flexibility index (Phi) is 5.20. The van der Waals surface area contributed by atoms with E-state index in [9.17, 15) is 9.59 Å². The van der Waals surface area contributed by atoms with E-state index in [2.05, 4.69) is 13.8 Å². The van der Waals surface area contributed by atoms with Gasteiger partial charge in [-0.15, -0.1) is 0 Å². The van der Waals surface area contributed by atoms with Gasteiger partial charge >= 0.3 is 11.9 Å². The minimum Gasteiger partial charge on any atom is -0.482 e. The maximum absolute atomic E-state index is 11.6. The van der Waals surface area contributed by atoms with E-state index in [0.717, 1.165) is 6.42 Å². The van der Waals surface area contributed by atoms with Gasteiger partial charge in [0.05, 0.1) is 6.42 Å². The third kappa shape index (κ3) is 4.48. The van der Waals surface area contributed by atoms with Gasteiger partial charge < -0.3 is 14.2 Å². The quantitative estimate of drug-likeness (QED) is 0.754. The van der Waals surface area contributed by atoms with Crippen LogP contribution < -0.4 is 4.74 Å². The van der Waals surface area contributed by atoms with Gasteiger partial charge in [0.1, 0.15) is 5.75 Å². The monoisotopic (exact) mass is 292 g/mol. The average molecular weight is 292 g/mol. The Morgan fingerprint density at radius 3 is 2.67 bits per heavy atom. The molecule has 0 saturated carbocycles. The minimum absolute atomic E-state index is 0.198. The molecule has 2 unspecified atom stereocenters. The van der Waals surface area contributed by atoms with Gasteiger partial charge in [-0.05, 0) is 30.0 Å². The lowest BCUT2D eigenvalue weighted by Gasteiger charge is -2.12. The first kappa shape index (κ1) is 15.4. The third-order valence-corrected chi connectivity index (χ3v) is 3.53. The maximum Gasteiger partial charge on any atom is 0.347 e. The largest absolute Gasteiger partial charge is 0.482 e. The van der Waals surface area contributed by atoms with E-state index in [0.29, 0.717) is 18.1 Å². The molecule has 2 atom stereocenters. The van der Waals surface area contributed by atoms with E-state index >= 15 is 0 Å². The number of esters is 2. The van der Waals surface area contributed by atoms with Crippen LogP contribution in [0.4, 0.5) is 0 Å². The van der Waals surface area contributed by atoms with Crippen molar-refractivity contribution in [2.75, 3.05) is 6.61 Å². The van der Waals surface area contributed by atoms with Crippen LogP contribution in [-0.4, -0.2) is 24.8 Å². The summed E-state index contributed by atoms with van der Waals surface area (Å²) in [6, 6.07) is 7.66. The first-order chi connectivity index (χ1) is 10.1. The maximum atomic E-state index is 11.6. The second-order valence-electron chi connectivity index (χ2n) is 5.11. The molecule has 21 heavy (non-hydrogen) atoms. The molecule has 0 aliphatic carbocycles. The van der Waals surface area contributed by atoms with Crippen molar-refractivity contribution in [2.24, 2.45) is 0 Å². The van der Waals surface area contributed by atoms with Crippen LogP contribution in [0.5, 0.6) is 5.75 Å². The molecule has 2 rings (SSSR count). The van der Waals surface area contributed by atoms with Gasteiger partial charge in [0.25, 0.3) is 0 Å². The number of ether oxygens (including phenoxy) is 3. The van der Waals surface area contributed by atoms with Gasteiger partial charge in [-0.25, -0.2) is 4.79 Å². The molecule has 1 aliphatic heterocycles. The normalized spacial score (nSPS) is 19.0. The van der Waals surface area contributed by atoms with Gasteiger partial charge in [-0.2, -0.15) is 0 Å². The van der Waals surface area contributed by atoms with Crippen molar-refractivity contribution in [1.29, 1.82) is 0 Å². The number of cyclic esters (lactones) is 1. The molecule has 5 nitrogen and oxygen atoms in total. The van der Waals surface area contributed by atoms with Crippen molar-refractivity contribution < 1.29 is 23.8 Å². The van der Waals surface area contributed by atoms with Gasteiger partial charge in [-0.1, -0.05) is 26.0 Å². The summed E-state index contributed by atoms with van der Waals surface area (Å²) >= 11 is 0. The van der Waals surface area contributed by atoms with Crippen molar-refractivity contribution in [3.8, 4) is 5.75 Å². The fourth-order valence-corrected chi connectivity index (χ4v) is 2.03. The fraction of sp³-hybridized carbons (Fsp3) is 0.500. The van der Waals surface area contributed by atoms with Crippen LogP contribution >= 0.6 is 0 Å². The Hall–Kier alpha value is -2.04. The Morgan fingerprint density at radius 2 is 2.10 bits per heavy atom. The highest BCUT2D eigenvalue weighted by Crippen LogP contribution is 2.21. The summed E-state index contributed by atoms with van der Waals surface area (Å²) in [7, 11) is 0. The van der Waals surface area contributed by atoms with E-state index in [1.54, 1.807) is 0 Å². The van der Waals surface area contributed by atoms with Gasteiger partial charge in [-0.3, -0.25) is 4.79 Å². The lowest BCUT2D eigenvalue weighted by atomic mass is 9.99. The van der Waals surface area contributed by atoms with Crippen molar-refractivity contribution in [3.05, 3.63) is 29.8 Å². The number of carbonyl (C=O) groups excluding carboxylic acids is 2. The van der Waals surface area contributed by atoms with E-state index < -0.39 is 12.3 Å². The number of benzene rings is 1. The molecule has 0 bridgehead atoms. The summed E-state index contributed by atoms with van der Waals surface area (Å²) in [4.78, 5) is 22.4. The summed E-state index contributed by atoms with van der Waals surface area (Å²) in [6.45, 7) is 4.10. The van der Waals surface area contributed by atoms with Crippen LogP contribution in [0.1, 0.15) is 44.6 Å². The summed E-state index contributed by atoms with van der Waals surface area (Å²) in [5.74, 6) is 0.235. The van der Waals surface area contributed by atoms with Crippen LogP contribution in [0.3, 0.4) is 0 Å². The highest BCUT2D eigenvalue weighted by molar-refractivity contribution is 5.74. The van der Waals surface area contributed by atoms with E-state index in [1.165, 1.54) is 5.56 Å². The molecule has 0 amide bonds. The highest BCUT2D eigenvalue weighted by Gasteiger charge is 2.26. The molecule has 1 saturated heterocycles. The molecule has 1 aliphatic rings. The van der Waals surface area contributed by atoms with Crippen molar-refractivity contribution in [1.82, 2.24) is 0 Å². The third-order valence-electron chi connectivity index (χ3n) is 3.53. The molecule has 1 heterocycles. The summed E-state index contributed by atoms with van der Waals surface area (Å²) in [6.07, 6.45) is 1.01. The van der Waals surface area contributed by atoms with Gasteiger partial charge in [0.2, 0.25) is 6.29 Å². The van der Waals surface area contributed by atoms with Crippen molar-refractivity contribution >= 4 is 11.9 Å². The molecule has 1 aromatic carbocycles. The average Bonchev–Trinajstić information content (AvgIpc) is 2.90. The van der Waals surface area contributed by atoms with Gasteiger partial charge in [0, 0.05) is 6.42 Å². The molecule has 114 valence electrons. The molecule has 5 heteroatoms. The number of rotatable bonds is 6. The lowest BCUT2D eigenvalue weighted by Crippen LogP contribution is -2.22. The summed E-state index contributed by atoms with van der Waals surface area (Å²) in [5, 5.41) is 0. The van der Waals surface area contributed by atoms with Crippen LogP contribution in [0.2, 0.25) is 0 Å². The van der Waals surface area contributed by atoms with Crippen LogP contribution in [0.25, 0.3) is 0 Å². The first-order valence-electron chi connectivity index (χ1n) is 7.20. The van der Waals surface area contributed by atoms with E-state index in [4.69, 9.17) is 14.2 Å². The Morgan fingerprint density at radius 1 is 1.38 bits per heavy atom. The van der Waals surface area contributed by atoms with Crippen LogP contribution in [0, 0.1) is 0 Å². The molecule has 0 spiro atoms. The second kappa shape index (κ2) is 7.11. The molecular formula is C16H20O5. The van der Waals surface area contributed by atoms with Crippen LogP contribution in [0.15, 0.2) is 24.3 Å². The van der Waals surface area contributed by atoms with E-state index in [1.807, 2.05) is 24.3 Å². The Bertz CT molecular complexity index is 494. The van der Waals surface area contributed by atoms with E-state index in [-0.39, 0.29) is 19.0 Å². The molecule has 1 fully saturated rings. The van der Waals surface area contributed by atoms with Crippen molar-refractivity contribution in [3.63, 3.8) is 0 Å². The predicted octanol–water partition coefficient (Wildman–Crippen LogP) is 2.79. The van der Waals surface area contributed by atoms with Crippen molar-refractivity contribution in [2.45, 2.75) is 45.3 Å². The zero-order valence-corrected chi connectivity index (χ0v) is 12.3. The Labute approximate surface area is 124 Å². The smallest absolute Gasteiger partial charge is 0.347 e. The molecule has 0 radical (unpaired) electrons. The Balaban J connectivity index is 1.77. The summed E-state index contributed by atoms with van der Waals surface area (Å²) < 4.78 is 15.1. The lowest BCUT2D eigenvalue weighted by molar-refractivity contribution is -0.178. The molecular weight excluding hydrogens is 272 g/mol. The number of hydrogen-bond donors (Lipinski definition) is 0. The SMILES string of the molecule is CCC(C)c1ccc(OCC(=O)OC2CCC(=O)O2)cc1. The fourth-order valence-electron chi connectivity index (χ4n) is 2.03. The minimum atomic E-state index is -0.763. The second-order valence-corrected chi connectivity index (χ2v) is 5.11. The predicted molar refractivity (Wildman–Crippen MR) is 75.8 cm³/mol. The first-order valence-corrected chi connectivity index (χ1v) is 7.20. The molecule has 1 aromatic rings. The van der Waals surface area contributed by atoms with Gasteiger partial charge in [0.15, 0.2) is 6.61 Å². The number of carbonyl (C=O) groups is 2. The zero-order chi connectivity index (χ0) is 15.2.